The van der Waals surface area contributed by atoms with Crippen LogP contribution in [0.15, 0.2) is 16.5 Å². The third-order valence-electron chi connectivity index (χ3n) is 3.95. The topological polar surface area (TPSA) is 42.2 Å². The fourth-order valence-corrected chi connectivity index (χ4v) is 4.38. The second-order valence-electron chi connectivity index (χ2n) is 7.79. The maximum atomic E-state index is 12.7. The molecule has 0 fully saturated rings. The molecule has 128 valence electrons. The average Bonchev–Trinajstić information content (AvgIpc) is 2.79. The van der Waals surface area contributed by atoms with Crippen molar-refractivity contribution in [1.82, 2.24) is 4.72 Å². The van der Waals surface area contributed by atoms with Gasteiger partial charge in [0.25, 0.3) is 0 Å². The summed E-state index contributed by atoms with van der Waals surface area (Å²) in [4.78, 5) is 0. The van der Waals surface area contributed by atoms with E-state index in [0.717, 1.165) is 30.8 Å². The largest absolute Gasteiger partial charge is 0.464 e. The van der Waals surface area contributed by atoms with Gasteiger partial charge >= 0.3 is 0 Å². The van der Waals surface area contributed by atoms with Crippen molar-refractivity contribution in [2.75, 3.05) is 5.75 Å². The first-order valence-electron chi connectivity index (χ1n) is 8.34. The smallest absolute Gasteiger partial charge is 0.125 e. The first-order chi connectivity index (χ1) is 10.1. The van der Waals surface area contributed by atoms with Gasteiger partial charge in [0.05, 0.1) is 16.5 Å². The van der Waals surface area contributed by atoms with Gasteiger partial charge in [-0.3, -0.25) is 0 Å². The molecule has 0 aliphatic rings. The molecule has 3 nitrogen and oxygen atoms in total. The fourth-order valence-electron chi connectivity index (χ4n) is 2.68. The zero-order chi connectivity index (χ0) is 17.0. The normalized spacial score (nSPS) is 16.7. The molecule has 0 amide bonds. The van der Waals surface area contributed by atoms with E-state index >= 15 is 0 Å². The van der Waals surface area contributed by atoms with Gasteiger partial charge in [-0.1, -0.05) is 54.4 Å². The van der Waals surface area contributed by atoms with Gasteiger partial charge in [-0.2, -0.15) is 0 Å². The summed E-state index contributed by atoms with van der Waals surface area (Å²) in [5.74, 6) is 2.75. The van der Waals surface area contributed by atoms with Crippen molar-refractivity contribution in [3.8, 4) is 0 Å². The van der Waals surface area contributed by atoms with Crippen molar-refractivity contribution >= 4 is 11.0 Å². The molecular weight excluding hydrogens is 294 g/mol. The van der Waals surface area contributed by atoms with E-state index in [4.69, 9.17) is 4.42 Å². The third-order valence-corrected chi connectivity index (χ3v) is 5.67. The van der Waals surface area contributed by atoms with E-state index < -0.39 is 11.0 Å². The molecule has 0 aliphatic heterocycles. The summed E-state index contributed by atoms with van der Waals surface area (Å²) in [5, 5.41) is 0. The first-order valence-corrected chi connectivity index (χ1v) is 9.65. The first kappa shape index (κ1) is 19.4. The number of hydrogen-bond acceptors (Lipinski definition) is 2. The van der Waals surface area contributed by atoms with E-state index in [2.05, 4.69) is 46.3 Å². The zero-order valence-electron chi connectivity index (χ0n) is 15.3. The van der Waals surface area contributed by atoms with Crippen LogP contribution >= 0.6 is 0 Å². The van der Waals surface area contributed by atoms with E-state index in [0.29, 0.717) is 11.7 Å². The van der Waals surface area contributed by atoms with Gasteiger partial charge in [-0.15, -0.1) is 0 Å². The van der Waals surface area contributed by atoms with Crippen LogP contribution in [0.4, 0.5) is 0 Å². The molecule has 0 aromatic carbocycles. The summed E-state index contributed by atoms with van der Waals surface area (Å²) >= 11 is 0. The predicted molar refractivity (Wildman–Crippen MR) is 95.1 cm³/mol. The van der Waals surface area contributed by atoms with Crippen LogP contribution in [-0.2, 0) is 16.5 Å². The molecule has 1 aromatic heterocycles. The summed E-state index contributed by atoms with van der Waals surface area (Å²) in [7, 11) is -1.08. The molecule has 0 saturated heterocycles. The molecule has 0 aliphatic carbocycles. The second-order valence-corrected chi connectivity index (χ2v) is 8.98. The van der Waals surface area contributed by atoms with Gasteiger partial charge in [0.15, 0.2) is 0 Å². The molecule has 0 radical (unpaired) electrons. The Morgan fingerprint density at radius 2 is 1.91 bits per heavy atom. The molecule has 1 heterocycles. The Balaban J connectivity index is 3.11. The van der Waals surface area contributed by atoms with E-state index in [1.165, 1.54) is 0 Å². The van der Waals surface area contributed by atoms with Crippen molar-refractivity contribution in [3.05, 3.63) is 23.7 Å². The SMILES string of the molecule is CCCC[C@](NS(=O)CC(C)(C)C)(c1ccc(C)o1)C(C)C. The van der Waals surface area contributed by atoms with Gasteiger partial charge in [0.1, 0.15) is 11.5 Å². The lowest BCUT2D eigenvalue weighted by atomic mass is 9.81. The highest BCUT2D eigenvalue weighted by atomic mass is 32.2. The van der Waals surface area contributed by atoms with Crippen LogP contribution in [-0.4, -0.2) is 9.96 Å². The maximum absolute atomic E-state index is 12.7. The summed E-state index contributed by atoms with van der Waals surface area (Å²) in [6, 6.07) is 4.03. The Hall–Kier alpha value is -0.610. The summed E-state index contributed by atoms with van der Waals surface area (Å²) < 4.78 is 22.1. The van der Waals surface area contributed by atoms with Crippen molar-refractivity contribution in [2.24, 2.45) is 11.3 Å². The van der Waals surface area contributed by atoms with Gasteiger partial charge in [-0.05, 0) is 36.8 Å². The van der Waals surface area contributed by atoms with Gasteiger partial charge in [0.2, 0.25) is 0 Å². The van der Waals surface area contributed by atoms with Crippen LogP contribution in [0.5, 0.6) is 0 Å². The molecule has 0 spiro atoms. The van der Waals surface area contributed by atoms with Crippen molar-refractivity contribution in [1.29, 1.82) is 0 Å². The Morgan fingerprint density at radius 3 is 2.32 bits per heavy atom. The number of hydrogen-bond donors (Lipinski definition) is 1. The lowest BCUT2D eigenvalue weighted by molar-refractivity contribution is 0.209. The number of rotatable bonds is 8. The van der Waals surface area contributed by atoms with Crippen LogP contribution in [0.3, 0.4) is 0 Å². The van der Waals surface area contributed by atoms with Crippen LogP contribution in [0.1, 0.15) is 72.3 Å². The van der Waals surface area contributed by atoms with E-state index in [1.54, 1.807) is 0 Å². The number of aryl methyl sites for hydroxylation is 1. The number of nitrogens with one attached hydrogen (secondary N) is 1. The quantitative estimate of drug-likeness (QED) is 0.735. The van der Waals surface area contributed by atoms with Crippen LogP contribution in [0.2, 0.25) is 0 Å². The molecule has 1 unspecified atom stereocenters. The average molecular weight is 328 g/mol. The van der Waals surface area contributed by atoms with E-state index in [1.807, 2.05) is 19.1 Å². The van der Waals surface area contributed by atoms with Gasteiger partial charge < -0.3 is 4.42 Å². The van der Waals surface area contributed by atoms with E-state index in [9.17, 15) is 4.21 Å². The molecule has 1 aromatic rings. The Labute approximate surface area is 138 Å². The minimum absolute atomic E-state index is 0.0322. The highest BCUT2D eigenvalue weighted by Crippen LogP contribution is 2.36. The summed E-state index contributed by atoms with van der Waals surface area (Å²) in [6.07, 6.45) is 3.13. The maximum Gasteiger partial charge on any atom is 0.125 e. The molecule has 0 bridgehead atoms. The Bertz CT molecular complexity index is 488. The molecule has 1 N–H and O–H groups in total. The van der Waals surface area contributed by atoms with Gasteiger partial charge in [-0.25, -0.2) is 8.93 Å². The van der Waals surface area contributed by atoms with Crippen LogP contribution in [0, 0.1) is 18.3 Å². The van der Waals surface area contributed by atoms with Gasteiger partial charge in [0, 0.05) is 5.75 Å². The second kappa shape index (κ2) is 7.78. The van der Waals surface area contributed by atoms with Crippen molar-refractivity contribution in [3.63, 3.8) is 0 Å². The molecular formula is C18H33NO2S. The molecule has 2 atom stereocenters. The highest BCUT2D eigenvalue weighted by molar-refractivity contribution is 7.83. The Morgan fingerprint density at radius 1 is 1.27 bits per heavy atom. The van der Waals surface area contributed by atoms with Crippen LogP contribution in [0.25, 0.3) is 0 Å². The fraction of sp³-hybridized carbons (Fsp3) is 0.778. The van der Waals surface area contributed by atoms with Crippen LogP contribution < -0.4 is 4.72 Å². The minimum Gasteiger partial charge on any atom is -0.464 e. The number of furan rings is 1. The summed E-state index contributed by atoms with van der Waals surface area (Å²) in [6.45, 7) is 14.8. The molecule has 1 rings (SSSR count). The number of unbranched alkanes of at least 4 members (excludes halogenated alkanes) is 1. The Kier molecular flexibility index (Phi) is 6.87. The lowest BCUT2D eigenvalue weighted by Gasteiger charge is -2.37. The standard InChI is InChI=1S/C18H33NO2S/c1-8-9-12-18(14(2)3,16-11-10-15(4)21-16)19-22(20)13-17(5,6)7/h10-11,14,19H,8-9,12-13H2,1-7H3/t18-,22?/m1/s1. The monoisotopic (exact) mass is 327 g/mol. The minimum atomic E-state index is -1.08. The van der Waals surface area contributed by atoms with E-state index in [-0.39, 0.29) is 11.0 Å². The molecule has 22 heavy (non-hydrogen) atoms. The molecule has 0 saturated carbocycles. The van der Waals surface area contributed by atoms with Crippen molar-refractivity contribution in [2.45, 2.75) is 73.3 Å². The van der Waals surface area contributed by atoms with Crippen molar-refractivity contribution < 1.29 is 8.63 Å². The lowest BCUT2D eigenvalue weighted by Crippen LogP contribution is -2.48. The highest BCUT2D eigenvalue weighted by Gasteiger charge is 2.40. The predicted octanol–water partition coefficient (Wildman–Crippen LogP) is 4.93. The molecule has 4 heteroatoms. The zero-order valence-corrected chi connectivity index (χ0v) is 16.1. The third kappa shape index (κ3) is 5.24. The summed E-state index contributed by atoms with van der Waals surface area (Å²) in [5.41, 5.74) is -0.329.